The molecule has 3 rings (SSSR count). The number of hydrogen-bond acceptors (Lipinski definition) is 4. The lowest BCUT2D eigenvalue weighted by molar-refractivity contribution is -0.193. The van der Waals surface area contributed by atoms with Crippen molar-refractivity contribution < 1.29 is 9.84 Å². The summed E-state index contributed by atoms with van der Waals surface area (Å²) in [6, 6.07) is 4.17. The van der Waals surface area contributed by atoms with Crippen molar-refractivity contribution in [3.8, 4) is 0 Å². The summed E-state index contributed by atoms with van der Waals surface area (Å²) in [5, 5.41) is 13.8. The maximum Gasteiger partial charge on any atom is 0.101 e. The quantitative estimate of drug-likeness (QED) is 0.896. The van der Waals surface area contributed by atoms with Crippen LogP contribution >= 0.6 is 22.9 Å². The van der Waals surface area contributed by atoms with E-state index in [0.29, 0.717) is 24.6 Å². The number of nitrogens with one attached hydrogen (secondary N) is 1. The fourth-order valence-corrected chi connectivity index (χ4v) is 4.83. The number of aliphatic hydroxyl groups excluding tert-OH is 1. The molecule has 0 spiro atoms. The highest BCUT2D eigenvalue weighted by Gasteiger charge is 2.57. The van der Waals surface area contributed by atoms with Crippen LogP contribution in [0.15, 0.2) is 12.1 Å². The lowest BCUT2D eigenvalue weighted by atomic mass is 9.55. The van der Waals surface area contributed by atoms with Crippen molar-refractivity contribution >= 4 is 22.9 Å². The van der Waals surface area contributed by atoms with E-state index in [1.165, 1.54) is 17.8 Å². The van der Waals surface area contributed by atoms with Gasteiger partial charge in [-0.25, -0.2) is 0 Å². The molecule has 20 heavy (non-hydrogen) atoms. The third-order valence-corrected chi connectivity index (χ3v) is 6.12. The number of rotatable bonds is 4. The lowest BCUT2D eigenvalue weighted by Gasteiger charge is -2.60. The normalized spacial score (nSPS) is 33.3. The van der Waals surface area contributed by atoms with Crippen molar-refractivity contribution in [2.24, 2.45) is 11.3 Å². The van der Waals surface area contributed by atoms with Gasteiger partial charge in [0.15, 0.2) is 0 Å². The fourth-order valence-electron chi connectivity index (χ4n) is 3.78. The predicted octanol–water partition coefficient (Wildman–Crippen LogP) is 3.23. The zero-order chi connectivity index (χ0) is 14.3. The second kappa shape index (κ2) is 5.58. The van der Waals surface area contributed by atoms with Gasteiger partial charge in [0.05, 0.1) is 10.4 Å². The number of aliphatic hydroxyl groups is 1. The second-order valence-corrected chi connectivity index (χ2v) is 8.21. The van der Waals surface area contributed by atoms with Crippen molar-refractivity contribution in [3.05, 3.63) is 21.3 Å². The zero-order valence-corrected chi connectivity index (χ0v) is 13.5. The molecule has 1 saturated carbocycles. The molecule has 4 atom stereocenters. The molecule has 5 heteroatoms. The molecule has 1 saturated heterocycles. The van der Waals surface area contributed by atoms with Crippen molar-refractivity contribution in [3.63, 3.8) is 0 Å². The highest BCUT2D eigenvalue weighted by Crippen LogP contribution is 2.51. The van der Waals surface area contributed by atoms with E-state index in [1.807, 2.05) is 12.1 Å². The summed E-state index contributed by atoms with van der Waals surface area (Å²) in [5.74, 6) is 0.595. The molecule has 0 radical (unpaired) electrons. The van der Waals surface area contributed by atoms with E-state index < -0.39 is 6.10 Å². The van der Waals surface area contributed by atoms with Gasteiger partial charge >= 0.3 is 0 Å². The standard InChI is InChI=1S/C15H22ClNO2S/c1-15(2)13(9-4-3-7-19-14(9)15)17-8-10(18)11-5-6-12(16)20-11/h5-6,9-10,13-14,17-18H,3-4,7-8H2,1-2H3. The Kier molecular flexibility index (Phi) is 4.13. The third kappa shape index (κ3) is 2.53. The van der Waals surface area contributed by atoms with Crippen LogP contribution in [0.4, 0.5) is 0 Å². The molecule has 2 heterocycles. The topological polar surface area (TPSA) is 41.5 Å². The molecule has 112 valence electrons. The highest BCUT2D eigenvalue weighted by atomic mass is 35.5. The molecule has 1 aliphatic heterocycles. The molecule has 1 aromatic rings. The maximum atomic E-state index is 10.2. The van der Waals surface area contributed by atoms with E-state index >= 15 is 0 Å². The molecule has 1 aromatic heterocycles. The van der Waals surface area contributed by atoms with Crippen LogP contribution in [0.2, 0.25) is 4.34 Å². The van der Waals surface area contributed by atoms with E-state index in [1.54, 1.807) is 0 Å². The number of ether oxygens (including phenoxy) is 1. The van der Waals surface area contributed by atoms with Crippen LogP contribution in [-0.2, 0) is 4.74 Å². The largest absolute Gasteiger partial charge is 0.386 e. The fraction of sp³-hybridized carbons (Fsp3) is 0.733. The van der Waals surface area contributed by atoms with E-state index in [0.717, 1.165) is 22.2 Å². The van der Waals surface area contributed by atoms with Gasteiger partial charge in [-0.05, 0) is 25.0 Å². The summed E-state index contributed by atoms with van der Waals surface area (Å²) in [6.45, 7) is 5.99. The van der Waals surface area contributed by atoms with Crippen LogP contribution in [0.25, 0.3) is 0 Å². The Labute approximate surface area is 129 Å². The van der Waals surface area contributed by atoms with Gasteiger partial charge in [0.25, 0.3) is 0 Å². The maximum absolute atomic E-state index is 10.2. The molecule has 3 nitrogen and oxygen atoms in total. The third-order valence-electron chi connectivity index (χ3n) is 4.78. The Balaban J connectivity index is 1.58. The summed E-state index contributed by atoms with van der Waals surface area (Å²) in [6.07, 6.45) is 2.28. The molecule has 2 fully saturated rings. The summed E-state index contributed by atoms with van der Waals surface area (Å²) in [4.78, 5) is 0.927. The monoisotopic (exact) mass is 315 g/mol. The van der Waals surface area contributed by atoms with Crippen LogP contribution < -0.4 is 5.32 Å². The average molecular weight is 316 g/mol. The minimum Gasteiger partial charge on any atom is -0.386 e. The van der Waals surface area contributed by atoms with Crippen LogP contribution in [0, 0.1) is 11.3 Å². The molecule has 2 N–H and O–H groups in total. The van der Waals surface area contributed by atoms with Crippen molar-refractivity contribution in [2.45, 2.75) is 44.9 Å². The van der Waals surface area contributed by atoms with Crippen molar-refractivity contribution in [1.29, 1.82) is 0 Å². The first-order valence-corrected chi connectivity index (χ1v) is 8.48. The number of fused-ring (bicyclic) bond motifs is 1. The van der Waals surface area contributed by atoms with Crippen LogP contribution in [0.1, 0.15) is 37.7 Å². The molecule has 1 aliphatic carbocycles. The summed E-state index contributed by atoms with van der Waals surface area (Å²) in [5.41, 5.74) is 0.151. The molecular weight excluding hydrogens is 294 g/mol. The first-order chi connectivity index (χ1) is 9.50. The summed E-state index contributed by atoms with van der Waals surface area (Å²) < 4.78 is 6.62. The van der Waals surface area contributed by atoms with Crippen molar-refractivity contribution in [1.82, 2.24) is 5.32 Å². The van der Waals surface area contributed by atoms with E-state index in [9.17, 15) is 5.11 Å². The number of hydrogen-bond donors (Lipinski definition) is 2. The first-order valence-electron chi connectivity index (χ1n) is 7.28. The Morgan fingerprint density at radius 1 is 1.55 bits per heavy atom. The molecule has 0 aromatic carbocycles. The Morgan fingerprint density at radius 2 is 2.35 bits per heavy atom. The SMILES string of the molecule is CC1(C)C(NCC(O)c2ccc(Cl)s2)C2CCCOC21. The minimum atomic E-state index is -0.480. The molecule has 0 amide bonds. The Bertz CT molecular complexity index is 476. The molecule has 4 unspecified atom stereocenters. The van der Waals surface area contributed by atoms with E-state index in [-0.39, 0.29) is 5.41 Å². The number of halogens is 1. The lowest BCUT2D eigenvalue weighted by Crippen LogP contribution is -2.69. The van der Waals surface area contributed by atoms with Crippen LogP contribution in [-0.4, -0.2) is 30.4 Å². The summed E-state index contributed by atoms with van der Waals surface area (Å²) >= 11 is 7.36. The molecule has 0 bridgehead atoms. The Hall–Kier alpha value is -0.130. The van der Waals surface area contributed by atoms with Gasteiger partial charge in [0.1, 0.15) is 6.10 Å². The zero-order valence-electron chi connectivity index (χ0n) is 11.9. The predicted molar refractivity (Wildman–Crippen MR) is 82.3 cm³/mol. The van der Waals surface area contributed by atoms with Gasteiger partial charge in [-0.3, -0.25) is 0 Å². The van der Waals surface area contributed by atoms with Gasteiger partial charge in [0.2, 0.25) is 0 Å². The van der Waals surface area contributed by atoms with Gasteiger partial charge in [-0.2, -0.15) is 0 Å². The molecular formula is C15H22ClNO2S. The van der Waals surface area contributed by atoms with E-state index in [4.69, 9.17) is 16.3 Å². The molecule has 2 aliphatic rings. The van der Waals surface area contributed by atoms with Crippen LogP contribution in [0.3, 0.4) is 0 Å². The first kappa shape index (κ1) is 14.8. The van der Waals surface area contributed by atoms with Crippen LogP contribution in [0.5, 0.6) is 0 Å². The van der Waals surface area contributed by atoms with Gasteiger partial charge in [-0.1, -0.05) is 25.4 Å². The smallest absolute Gasteiger partial charge is 0.101 e. The van der Waals surface area contributed by atoms with Gasteiger partial charge in [-0.15, -0.1) is 11.3 Å². The minimum absolute atomic E-state index is 0.151. The summed E-state index contributed by atoms with van der Waals surface area (Å²) in [7, 11) is 0. The Morgan fingerprint density at radius 3 is 3.05 bits per heavy atom. The van der Waals surface area contributed by atoms with Gasteiger partial charge in [0, 0.05) is 35.4 Å². The number of thiophene rings is 1. The van der Waals surface area contributed by atoms with Gasteiger partial charge < -0.3 is 15.2 Å². The second-order valence-electron chi connectivity index (χ2n) is 6.46. The average Bonchev–Trinajstić information content (AvgIpc) is 2.85. The van der Waals surface area contributed by atoms with E-state index in [2.05, 4.69) is 19.2 Å². The van der Waals surface area contributed by atoms with Crippen molar-refractivity contribution in [2.75, 3.05) is 13.2 Å². The highest BCUT2D eigenvalue weighted by molar-refractivity contribution is 7.16.